The number of nitrogens with two attached hydrogens (primary N) is 1. The lowest BCUT2D eigenvalue weighted by molar-refractivity contribution is -0.137. The number of phenols is 1. The van der Waals surface area contributed by atoms with Crippen molar-refractivity contribution in [1.82, 2.24) is 0 Å². The highest BCUT2D eigenvalue weighted by molar-refractivity contribution is 7.59. The molecule has 0 unspecified atom stereocenters. The molecule has 94 valence electrons. The Morgan fingerprint density at radius 2 is 2.00 bits per heavy atom. The van der Waals surface area contributed by atoms with Crippen LogP contribution in [0.4, 0.5) is 0 Å². The normalized spacial score (nSPS) is 11.4. The Morgan fingerprint density at radius 3 is 2.41 bits per heavy atom. The molecule has 17 heavy (non-hydrogen) atoms. The first-order valence-corrected chi connectivity index (χ1v) is 4.91. The van der Waals surface area contributed by atoms with Crippen molar-refractivity contribution in [3.05, 3.63) is 29.8 Å². The summed E-state index contributed by atoms with van der Waals surface area (Å²) < 4.78 is 4.54. The highest BCUT2D eigenvalue weighted by atomic mass is 32.1. The molecule has 0 amide bonds. The van der Waals surface area contributed by atoms with Gasteiger partial charge in [-0.2, -0.15) is 13.5 Å². The maximum atomic E-state index is 11.0. The molecule has 1 rings (SSSR count). The molecule has 5 nitrogen and oxygen atoms in total. The van der Waals surface area contributed by atoms with Crippen molar-refractivity contribution < 1.29 is 19.8 Å². The van der Waals surface area contributed by atoms with E-state index in [9.17, 15) is 4.79 Å². The molecule has 1 atom stereocenters. The third-order valence-electron chi connectivity index (χ3n) is 2.49. The largest absolute Gasteiger partial charge is 0.508 e. The monoisotopic (exact) mass is 257 g/mol. The summed E-state index contributed by atoms with van der Waals surface area (Å²) in [5, 5.41) is 18.1. The topological polar surface area (TPSA) is 92.8 Å². The van der Waals surface area contributed by atoms with Gasteiger partial charge in [-0.25, -0.2) is 5.90 Å². The number of rotatable bonds is 5. The lowest BCUT2D eigenvalue weighted by Crippen LogP contribution is -2.31. The zero-order valence-electron chi connectivity index (χ0n) is 9.46. The van der Waals surface area contributed by atoms with Crippen molar-refractivity contribution in [3.8, 4) is 5.75 Å². The van der Waals surface area contributed by atoms with Crippen molar-refractivity contribution >= 4 is 26.4 Å². The minimum Gasteiger partial charge on any atom is -0.508 e. The number of aromatic hydroxyl groups is 1. The Labute approximate surface area is 107 Å². The highest BCUT2D eigenvalue weighted by Crippen LogP contribution is 2.20. The van der Waals surface area contributed by atoms with Gasteiger partial charge < -0.3 is 15.0 Å². The fraction of sp³-hybridized carbons (Fsp3) is 0.300. The molecule has 0 spiro atoms. The molecule has 0 aliphatic heterocycles. The first kappa shape index (κ1) is 15.8. The van der Waals surface area contributed by atoms with Crippen LogP contribution in [0.3, 0.4) is 0 Å². The maximum absolute atomic E-state index is 11.0. The molecule has 0 heterocycles. The number of phenolic OH excluding ortho intramolecular Hbond substituents is 1. The summed E-state index contributed by atoms with van der Waals surface area (Å²) in [6, 6.07) is 6.38. The fourth-order valence-corrected chi connectivity index (χ4v) is 1.43. The summed E-state index contributed by atoms with van der Waals surface area (Å²) in [4.78, 5) is 11.0. The van der Waals surface area contributed by atoms with Crippen LogP contribution in [-0.4, -0.2) is 23.1 Å². The lowest BCUT2D eigenvalue weighted by Gasteiger charge is -2.14. The first-order chi connectivity index (χ1) is 7.54. The number of hydrogen-bond acceptors (Lipinski definition) is 4. The van der Waals surface area contributed by atoms with E-state index in [-0.39, 0.29) is 19.2 Å². The van der Waals surface area contributed by atoms with Crippen LogP contribution < -0.4 is 5.90 Å². The number of carboxylic acids is 1. The van der Waals surface area contributed by atoms with E-state index in [0.717, 1.165) is 5.56 Å². The second-order valence-electron chi connectivity index (χ2n) is 3.66. The van der Waals surface area contributed by atoms with Crippen LogP contribution in [0.1, 0.15) is 5.56 Å². The third kappa shape index (κ3) is 4.68. The van der Waals surface area contributed by atoms with Crippen molar-refractivity contribution in [2.45, 2.75) is 19.1 Å². The molecular formula is C10H16BNO4S. The second kappa shape index (κ2) is 7.21. The lowest BCUT2D eigenvalue weighted by atomic mass is 9.56. The van der Waals surface area contributed by atoms with E-state index in [1.54, 1.807) is 19.0 Å². The molecule has 0 saturated heterocycles. The van der Waals surface area contributed by atoms with E-state index >= 15 is 0 Å². The standard InChI is InChI=1S/C10H14BNO4.H2S/c1-11(16-12)9(10(14)15)6-7-2-4-8(13)5-3-7;/h2-5,9,13H,6,12H2,1H3,(H,14,15);1H2/t9-;/m1./s1. The van der Waals surface area contributed by atoms with E-state index in [2.05, 4.69) is 4.76 Å². The van der Waals surface area contributed by atoms with Gasteiger partial charge in [0, 0.05) is 0 Å². The van der Waals surface area contributed by atoms with E-state index in [1.165, 1.54) is 12.1 Å². The van der Waals surface area contributed by atoms with Gasteiger partial charge >= 0.3 is 12.9 Å². The molecule has 1 aromatic carbocycles. The van der Waals surface area contributed by atoms with Crippen LogP contribution in [0.15, 0.2) is 24.3 Å². The Hall–Kier alpha value is -1.18. The zero-order chi connectivity index (χ0) is 12.1. The quantitative estimate of drug-likeness (QED) is 0.540. The molecule has 0 aliphatic carbocycles. The smallest absolute Gasteiger partial charge is 0.332 e. The van der Waals surface area contributed by atoms with Gasteiger partial charge in [0.2, 0.25) is 0 Å². The zero-order valence-corrected chi connectivity index (χ0v) is 10.5. The summed E-state index contributed by atoms with van der Waals surface area (Å²) in [5.74, 6) is 3.48. The molecular weight excluding hydrogens is 241 g/mol. The maximum Gasteiger partial charge on any atom is 0.332 e. The van der Waals surface area contributed by atoms with Gasteiger partial charge in [0.15, 0.2) is 0 Å². The molecule has 0 aliphatic rings. The van der Waals surface area contributed by atoms with Crippen LogP contribution in [0.2, 0.25) is 12.6 Å². The summed E-state index contributed by atoms with van der Waals surface area (Å²) in [5.41, 5.74) is 0.814. The van der Waals surface area contributed by atoms with Crippen LogP contribution in [0.25, 0.3) is 0 Å². The van der Waals surface area contributed by atoms with Crippen LogP contribution >= 0.6 is 13.5 Å². The number of carboxylic acid groups (broad SMARTS) is 1. The Kier molecular flexibility index (Phi) is 6.71. The first-order valence-electron chi connectivity index (χ1n) is 4.91. The molecule has 0 aromatic heterocycles. The molecule has 0 saturated carbocycles. The highest BCUT2D eigenvalue weighted by Gasteiger charge is 2.29. The minimum atomic E-state index is -0.953. The molecule has 0 fully saturated rings. The van der Waals surface area contributed by atoms with E-state index in [4.69, 9.17) is 16.1 Å². The van der Waals surface area contributed by atoms with Crippen LogP contribution in [0.5, 0.6) is 5.75 Å². The predicted octanol–water partition coefficient (Wildman–Crippen LogP) is 1.01. The predicted molar refractivity (Wildman–Crippen MR) is 70.5 cm³/mol. The minimum absolute atomic E-state index is 0. The second-order valence-corrected chi connectivity index (χ2v) is 3.66. The number of carbonyl (C=O) groups is 1. The van der Waals surface area contributed by atoms with Crippen molar-refractivity contribution in [2.75, 3.05) is 0 Å². The molecule has 0 radical (unpaired) electrons. The van der Waals surface area contributed by atoms with Crippen LogP contribution in [0, 0.1) is 0 Å². The Balaban J connectivity index is 0.00000256. The van der Waals surface area contributed by atoms with Crippen LogP contribution in [-0.2, 0) is 16.0 Å². The van der Waals surface area contributed by atoms with Gasteiger partial charge in [-0.3, -0.25) is 4.79 Å². The average Bonchev–Trinajstić information content (AvgIpc) is 2.27. The van der Waals surface area contributed by atoms with E-state index in [0.29, 0.717) is 6.42 Å². The van der Waals surface area contributed by atoms with Gasteiger partial charge in [-0.15, -0.1) is 0 Å². The van der Waals surface area contributed by atoms with E-state index in [1.807, 2.05) is 0 Å². The van der Waals surface area contributed by atoms with Gasteiger partial charge in [-0.1, -0.05) is 19.0 Å². The van der Waals surface area contributed by atoms with Gasteiger partial charge in [0.1, 0.15) is 5.75 Å². The summed E-state index contributed by atoms with van der Waals surface area (Å²) in [7, 11) is 0. The number of aliphatic carboxylic acids is 1. The SMILES string of the molecule is CB(ON)[C@H](Cc1ccc(O)cc1)C(=O)O.S. The van der Waals surface area contributed by atoms with Gasteiger partial charge in [0.25, 0.3) is 0 Å². The molecule has 7 heteroatoms. The molecule has 1 aromatic rings. The summed E-state index contributed by atoms with van der Waals surface area (Å²) >= 11 is 0. The summed E-state index contributed by atoms with van der Waals surface area (Å²) in [6.07, 6.45) is 0.313. The van der Waals surface area contributed by atoms with E-state index < -0.39 is 18.7 Å². The van der Waals surface area contributed by atoms with Crippen molar-refractivity contribution in [2.24, 2.45) is 5.90 Å². The van der Waals surface area contributed by atoms with Crippen molar-refractivity contribution in [3.63, 3.8) is 0 Å². The molecule has 0 bridgehead atoms. The average molecular weight is 257 g/mol. The fourth-order valence-electron chi connectivity index (χ4n) is 1.43. The summed E-state index contributed by atoms with van der Waals surface area (Å²) in [6.45, 7) is 1.05. The molecule has 4 N–H and O–H groups in total. The Bertz CT molecular complexity index is 360. The third-order valence-corrected chi connectivity index (χ3v) is 2.49. The van der Waals surface area contributed by atoms with Gasteiger partial charge in [0.05, 0.1) is 5.82 Å². The number of hydrogen-bond donors (Lipinski definition) is 3. The Morgan fingerprint density at radius 1 is 1.47 bits per heavy atom. The number of benzene rings is 1. The van der Waals surface area contributed by atoms with Crippen molar-refractivity contribution in [1.29, 1.82) is 0 Å². The van der Waals surface area contributed by atoms with Gasteiger partial charge in [-0.05, 0) is 24.1 Å².